The molecule has 1 aliphatic heterocycles. The standard InChI is InChI=1S/C16H22N2O/c17-11-13-12-18(16-8-2-1-7-15(13)16)9-3-5-14-6-4-10-19-14/h1-2,7-8,12,14H,3-6,9-11,17H2. The first-order valence-corrected chi connectivity index (χ1v) is 7.27. The smallest absolute Gasteiger partial charge is 0.0576 e. The van der Waals surface area contributed by atoms with Crippen molar-refractivity contribution < 1.29 is 4.74 Å². The van der Waals surface area contributed by atoms with Gasteiger partial charge in [0.05, 0.1) is 6.10 Å². The molecule has 1 aliphatic rings. The van der Waals surface area contributed by atoms with Crippen LogP contribution in [-0.4, -0.2) is 17.3 Å². The number of hydrogen-bond donors (Lipinski definition) is 1. The van der Waals surface area contributed by atoms with Crippen LogP contribution in [0.4, 0.5) is 0 Å². The number of nitrogens with two attached hydrogens (primary N) is 1. The lowest BCUT2D eigenvalue weighted by Gasteiger charge is -2.10. The van der Waals surface area contributed by atoms with Crippen LogP contribution in [0, 0.1) is 0 Å². The first-order chi connectivity index (χ1) is 9.38. The van der Waals surface area contributed by atoms with Crippen molar-refractivity contribution in [3.63, 3.8) is 0 Å². The summed E-state index contributed by atoms with van der Waals surface area (Å²) in [4.78, 5) is 0. The van der Waals surface area contributed by atoms with E-state index in [2.05, 4.69) is 35.0 Å². The summed E-state index contributed by atoms with van der Waals surface area (Å²) in [5, 5.41) is 1.29. The topological polar surface area (TPSA) is 40.2 Å². The second kappa shape index (κ2) is 5.76. The van der Waals surface area contributed by atoms with Gasteiger partial charge in [0.15, 0.2) is 0 Å². The fourth-order valence-corrected chi connectivity index (χ4v) is 3.03. The molecule has 3 rings (SSSR count). The maximum absolute atomic E-state index is 5.82. The first kappa shape index (κ1) is 12.7. The van der Waals surface area contributed by atoms with E-state index in [0.29, 0.717) is 12.6 Å². The Morgan fingerprint density at radius 1 is 1.32 bits per heavy atom. The Bertz CT molecular complexity index is 541. The monoisotopic (exact) mass is 258 g/mol. The van der Waals surface area contributed by atoms with Crippen molar-refractivity contribution in [3.05, 3.63) is 36.0 Å². The quantitative estimate of drug-likeness (QED) is 0.895. The van der Waals surface area contributed by atoms with E-state index in [-0.39, 0.29) is 0 Å². The van der Waals surface area contributed by atoms with E-state index in [1.807, 2.05) is 0 Å². The second-order valence-corrected chi connectivity index (χ2v) is 5.35. The van der Waals surface area contributed by atoms with Crippen LogP contribution >= 0.6 is 0 Å². The molecule has 0 spiro atoms. The molecule has 3 heteroatoms. The van der Waals surface area contributed by atoms with Crippen LogP contribution in [0.25, 0.3) is 10.9 Å². The molecule has 1 aromatic carbocycles. The van der Waals surface area contributed by atoms with Gasteiger partial charge in [0.25, 0.3) is 0 Å². The van der Waals surface area contributed by atoms with Crippen molar-refractivity contribution in [2.75, 3.05) is 6.61 Å². The molecule has 0 bridgehead atoms. The van der Waals surface area contributed by atoms with Gasteiger partial charge in [-0.3, -0.25) is 0 Å². The number of ether oxygens (including phenoxy) is 1. The largest absolute Gasteiger partial charge is 0.378 e. The molecule has 102 valence electrons. The summed E-state index contributed by atoms with van der Waals surface area (Å²) >= 11 is 0. The number of aryl methyl sites for hydroxylation is 1. The Hall–Kier alpha value is -1.32. The molecule has 2 aromatic rings. The number of benzene rings is 1. The molecule has 1 unspecified atom stereocenters. The molecule has 3 nitrogen and oxygen atoms in total. The van der Waals surface area contributed by atoms with E-state index in [1.165, 1.54) is 42.1 Å². The Morgan fingerprint density at radius 2 is 2.21 bits per heavy atom. The minimum absolute atomic E-state index is 0.496. The van der Waals surface area contributed by atoms with Crippen molar-refractivity contribution in [1.29, 1.82) is 0 Å². The van der Waals surface area contributed by atoms with Gasteiger partial charge in [0.2, 0.25) is 0 Å². The highest BCUT2D eigenvalue weighted by Crippen LogP contribution is 2.22. The lowest BCUT2D eigenvalue weighted by Crippen LogP contribution is -2.06. The molecule has 0 amide bonds. The van der Waals surface area contributed by atoms with Gasteiger partial charge in [-0.1, -0.05) is 18.2 Å². The lowest BCUT2D eigenvalue weighted by atomic mass is 10.1. The van der Waals surface area contributed by atoms with Crippen LogP contribution in [0.3, 0.4) is 0 Å². The van der Waals surface area contributed by atoms with Crippen LogP contribution in [0.15, 0.2) is 30.5 Å². The van der Waals surface area contributed by atoms with E-state index >= 15 is 0 Å². The summed E-state index contributed by atoms with van der Waals surface area (Å²) < 4.78 is 8.02. The third-order valence-corrected chi connectivity index (χ3v) is 4.04. The van der Waals surface area contributed by atoms with E-state index in [1.54, 1.807) is 0 Å². The number of aromatic nitrogens is 1. The molecule has 2 N–H and O–H groups in total. The average molecular weight is 258 g/mol. The zero-order chi connectivity index (χ0) is 13.1. The number of fused-ring (bicyclic) bond motifs is 1. The fourth-order valence-electron chi connectivity index (χ4n) is 3.03. The lowest BCUT2D eigenvalue weighted by molar-refractivity contribution is 0.101. The molecule has 1 aromatic heterocycles. The number of para-hydroxylation sites is 1. The molecule has 0 radical (unpaired) electrons. The maximum Gasteiger partial charge on any atom is 0.0576 e. The molecule has 1 fully saturated rings. The Kier molecular flexibility index (Phi) is 3.85. The highest BCUT2D eigenvalue weighted by molar-refractivity contribution is 5.83. The number of hydrogen-bond acceptors (Lipinski definition) is 2. The molecule has 0 aliphatic carbocycles. The van der Waals surface area contributed by atoms with Gasteiger partial charge in [0.1, 0.15) is 0 Å². The fraction of sp³-hybridized carbons (Fsp3) is 0.500. The van der Waals surface area contributed by atoms with E-state index in [0.717, 1.165) is 13.2 Å². The van der Waals surface area contributed by atoms with Gasteiger partial charge >= 0.3 is 0 Å². The van der Waals surface area contributed by atoms with Crippen LogP contribution in [0.1, 0.15) is 31.2 Å². The number of rotatable bonds is 5. The minimum atomic E-state index is 0.496. The van der Waals surface area contributed by atoms with E-state index in [4.69, 9.17) is 10.5 Å². The molecular formula is C16H22N2O. The Balaban J connectivity index is 1.69. The van der Waals surface area contributed by atoms with Crippen molar-refractivity contribution in [3.8, 4) is 0 Å². The highest BCUT2D eigenvalue weighted by atomic mass is 16.5. The Labute approximate surface area is 114 Å². The summed E-state index contributed by atoms with van der Waals surface area (Å²) in [7, 11) is 0. The van der Waals surface area contributed by atoms with Gasteiger partial charge < -0.3 is 15.0 Å². The zero-order valence-electron chi connectivity index (χ0n) is 11.3. The van der Waals surface area contributed by atoms with Crippen LogP contribution in [0.2, 0.25) is 0 Å². The van der Waals surface area contributed by atoms with E-state index in [9.17, 15) is 0 Å². The van der Waals surface area contributed by atoms with Gasteiger partial charge in [0, 0.05) is 36.8 Å². The summed E-state index contributed by atoms with van der Waals surface area (Å²) in [6, 6.07) is 8.52. The molecule has 0 saturated carbocycles. The summed E-state index contributed by atoms with van der Waals surface area (Å²) in [6.07, 6.45) is 7.52. The zero-order valence-corrected chi connectivity index (χ0v) is 11.3. The molecule has 2 heterocycles. The number of nitrogens with zero attached hydrogens (tertiary/aromatic N) is 1. The van der Waals surface area contributed by atoms with Crippen LogP contribution in [-0.2, 0) is 17.8 Å². The van der Waals surface area contributed by atoms with Crippen molar-refractivity contribution >= 4 is 10.9 Å². The maximum atomic E-state index is 5.82. The molecule has 19 heavy (non-hydrogen) atoms. The van der Waals surface area contributed by atoms with Gasteiger partial charge in [-0.05, 0) is 37.3 Å². The normalized spacial score (nSPS) is 19.3. The van der Waals surface area contributed by atoms with Crippen LogP contribution < -0.4 is 5.73 Å². The SMILES string of the molecule is NCc1cn(CCCC2CCCO2)c2ccccc12. The minimum Gasteiger partial charge on any atom is -0.378 e. The first-order valence-electron chi connectivity index (χ1n) is 7.27. The third-order valence-electron chi connectivity index (χ3n) is 4.04. The predicted molar refractivity (Wildman–Crippen MR) is 78.0 cm³/mol. The summed E-state index contributed by atoms with van der Waals surface area (Å²) in [5.41, 5.74) is 8.37. The predicted octanol–water partition coefficient (Wildman–Crippen LogP) is 3.06. The summed E-state index contributed by atoms with van der Waals surface area (Å²) in [5.74, 6) is 0. The van der Waals surface area contributed by atoms with Gasteiger partial charge in [-0.25, -0.2) is 0 Å². The van der Waals surface area contributed by atoms with Crippen LogP contribution in [0.5, 0.6) is 0 Å². The van der Waals surface area contributed by atoms with Crippen molar-refractivity contribution in [2.24, 2.45) is 5.73 Å². The average Bonchev–Trinajstić information content (AvgIpc) is 3.07. The van der Waals surface area contributed by atoms with Crippen molar-refractivity contribution in [2.45, 2.75) is 44.9 Å². The van der Waals surface area contributed by atoms with Gasteiger partial charge in [-0.2, -0.15) is 0 Å². The summed E-state index contributed by atoms with van der Waals surface area (Å²) in [6.45, 7) is 2.62. The third kappa shape index (κ3) is 2.67. The Morgan fingerprint density at radius 3 is 3.00 bits per heavy atom. The van der Waals surface area contributed by atoms with Crippen molar-refractivity contribution in [1.82, 2.24) is 4.57 Å². The highest BCUT2D eigenvalue weighted by Gasteiger charge is 2.15. The molecule has 1 atom stereocenters. The van der Waals surface area contributed by atoms with Gasteiger partial charge in [-0.15, -0.1) is 0 Å². The molecule has 1 saturated heterocycles. The second-order valence-electron chi connectivity index (χ2n) is 5.35. The molecular weight excluding hydrogens is 236 g/mol. The van der Waals surface area contributed by atoms with E-state index < -0.39 is 0 Å².